The molecule has 0 bridgehead atoms. The van der Waals surface area contributed by atoms with E-state index in [1.54, 1.807) is 38.3 Å². The number of aromatic nitrogens is 4. The van der Waals surface area contributed by atoms with E-state index >= 15 is 0 Å². The Hall–Kier alpha value is -2.78. The molecule has 2 aromatic heterocycles. The van der Waals surface area contributed by atoms with E-state index in [0.717, 1.165) is 44.3 Å². The van der Waals surface area contributed by atoms with Crippen molar-refractivity contribution < 1.29 is 9.84 Å². The zero-order valence-corrected chi connectivity index (χ0v) is 25.7. The number of ether oxygens (including phenoxy) is 1. The molecule has 4 heterocycles. The molecule has 0 saturated heterocycles. The van der Waals surface area contributed by atoms with E-state index in [4.69, 9.17) is 51.1 Å². The molecular formula is C29H30Cl4N4O4. The van der Waals surface area contributed by atoms with Gasteiger partial charge in [-0.25, -0.2) is 9.36 Å². The maximum absolute atomic E-state index is 12.6. The molecule has 2 aliphatic heterocycles. The molecule has 0 unspecified atom stereocenters. The summed E-state index contributed by atoms with van der Waals surface area (Å²) in [5.41, 5.74) is 2.11. The minimum absolute atomic E-state index is 0.00608. The Kier molecular flexibility index (Phi) is 8.85. The van der Waals surface area contributed by atoms with Crippen molar-refractivity contribution in [2.24, 2.45) is 0 Å². The summed E-state index contributed by atoms with van der Waals surface area (Å²) in [5.74, 6) is 0.516. The monoisotopic (exact) mass is 638 g/mol. The van der Waals surface area contributed by atoms with Crippen LogP contribution in [0.5, 0.6) is 11.5 Å². The van der Waals surface area contributed by atoms with Crippen LogP contribution in [0.1, 0.15) is 39.5 Å². The van der Waals surface area contributed by atoms with Gasteiger partial charge in [0.05, 0.1) is 27.3 Å². The SMILES string of the molecule is CC(C)Oc1cc(-c2c(Cl)n3n(c2=O)CCCC3)ccc1Cl.O=c1c(-c2ccc(Cl)c(O)c2)c(Cl)n2n1CCCC2. The van der Waals surface area contributed by atoms with Gasteiger partial charge in [0.15, 0.2) is 0 Å². The third-order valence-electron chi connectivity index (χ3n) is 7.14. The number of hydrogen-bond donors (Lipinski definition) is 1. The maximum atomic E-state index is 12.6. The van der Waals surface area contributed by atoms with Gasteiger partial charge < -0.3 is 9.84 Å². The van der Waals surface area contributed by atoms with Gasteiger partial charge in [-0.15, -0.1) is 0 Å². The molecule has 12 heteroatoms. The molecule has 2 aromatic carbocycles. The van der Waals surface area contributed by atoms with Crippen LogP contribution in [-0.4, -0.2) is 29.9 Å². The van der Waals surface area contributed by atoms with Gasteiger partial charge >= 0.3 is 0 Å². The van der Waals surface area contributed by atoms with E-state index in [9.17, 15) is 14.7 Å². The highest BCUT2D eigenvalue weighted by atomic mass is 35.5. The average molecular weight is 640 g/mol. The van der Waals surface area contributed by atoms with Gasteiger partial charge in [-0.05, 0) is 74.9 Å². The fourth-order valence-corrected chi connectivity index (χ4v) is 6.22. The zero-order chi connectivity index (χ0) is 29.4. The highest BCUT2D eigenvalue weighted by Gasteiger charge is 2.24. The van der Waals surface area contributed by atoms with Crippen molar-refractivity contribution in [2.75, 3.05) is 0 Å². The summed E-state index contributed by atoms with van der Waals surface area (Å²) in [5, 5.41) is 11.3. The molecule has 0 fully saturated rings. The molecular weight excluding hydrogens is 610 g/mol. The van der Waals surface area contributed by atoms with E-state index in [1.807, 2.05) is 24.6 Å². The van der Waals surface area contributed by atoms with E-state index in [0.29, 0.717) is 50.9 Å². The highest BCUT2D eigenvalue weighted by Crippen LogP contribution is 2.35. The molecule has 0 amide bonds. The largest absolute Gasteiger partial charge is 0.506 e. The van der Waals surface area contributed by atoms with Crippen molar-refractivity contribution in [3.63, 3.8) is 0 Å². The normalized spacial score (nSPS) is 14.3. The first kappa shape index (κ1) is 29.7. The average Bonchev–Trinajstić information content (AvgIpc) is 3.36. The van der Waals surface area contributed by atoms with Gasteiger partial charge in [0.1, 0.15) is 21.8 Å². The standard InChI is InChI=1S/C16H18Cl2N2O2.C13H12Cl2N2O2/c1-10(2)22-13-9-11(5-6-12(13)17)14-15(18)19-7-3-4-8-20(19)16(14)21;14-9-4-3-8(7-10(9)18)11-12(15)16-5-1-2-6-17(16)13(11)19/h5-6,9-10H,3-4,7-8H2,1-2H3;3-4,7,18H,1-2,5-6H2. The lowest BCUT2D eigenvalue weighted by Crippen LogP contribution is -2.27. The van der Waals surface area contributed by atoms with Crippen LogP contribution in [0.15, 0.2) is 46.0 Å². The maximum Gasteiger partial charge on any atom is 0.276 e. The second-order valence-corrected chi connectivity index (χ2v) is 11.9. The number of aromatic hydroxyl groups is 1. The molecule has 0 spiro atoms. The van der Waals surface area contributed by atoms with Gasteiger partial charge in [-0.2, -0.15) is 0 Å². The lowest BCUT2D eigenvalue weighted by molar-refractivity contribution is 0.242. The van der Waals surface area contributed by atoms with Gasteiger partial charge in [-0.3, -0.25) is 19.0 Å². The Morgan fingerprint density at radius 2 is 1.12 bits per heavy atom. The van der Waals surface area contributed by atoms with Gasteiger partial charge in [0.25, 0.3) is 11.1 Å². The molecule has 0 radical (unpaired) electrons. The summed E-state index contributed by atoms with van der Waals surface area (Å²) in [6.07, 6.45) is 4.04. The molecule has 0 aliphatic carbocycles. The summed E-state index contributed by atoms with van der Waals surface area (Å²) >= 11 is 24.7. The lowest BCUT2D eigenvalue weighted by atomic mass is 10.1. The van der Waals surface area contributed by atoms with Crippen LogP contribution in [-0.2, 0) is 26.2 Å². The molecule has 1 N–H and O–H groups in total. The fourth-order valence-electron chi connectivity index (χ4n) is 5.21. The summed E-state index contributed by atoms with van der Waals surface area (Å²) in [6, 6.07) is 10.1. The second kappa shape index (κ2) is 12.2. The van der Waals surface area contributed by atoms with E-state index in [-0.39, 0.29) is 28.0 Å². The molecule has 2 aliphatic rings. The predicted molar refractivity (Wildman–Crippen MR) is 164 cm³/mol. The van der Waals surface area contributed by atoms with Crippen molar-refractivity contribution in [3.8, 4) is 33.8 Å². The third-order valence-corrected chi connectivity index (χ3v) is 8.54. The van der Waals surface area contributed by atoms with Crippen LogP contribution < -0.4 is 15.9 Å². The summed E-state index contributed by atoms with van der Waals surface area (Å²) < 4.78 is 12.7. The van der Waals surface area contributed by atoms with E-state index < -0.39 is 0 Å². The topological polar surface area (TPSA) is 83.3 Å². The Balaban J connectivity index is 0.000000166. The number of benzene rings is 2. The summed E-state index contributed by atoms with van der Waals surface area (Å²) in [7, 11) is 0. The second-order valence-electron chi connectivity index (χ2n) is 10.3. The molecule has 4 aromatic rings. The van der Waals surface area contributed by atoms with Gasteiger partial charge in [0, 0.05) is 26.2 Å². The Bertz CT molecular complexity index is 1720. The van der Waals surface area contributed by atoms with Crippen molar-refractivity contribution in [3.05, 3.63) is 77.5 Å². The Morgan fingerprint density at radius 3 is 1.56 bits per heavy atom. The molecule has 0 atom stereocenters. The first-order valence-electron chi connectivity index (χ1n) is 13.5. The van der Waals surface area contributed by atoms with Crippen molar-refractivity contribution in [2.45, 2.75) is 71.8 Å². The van der Waals surface area contributed by atoms with Crippen molar-refractivity contribution in [1.82, 2.24) is 18.7 Å². The molecule has 41 heavy (non-hydrogen) atoms. The lowest BCUT2D eigenvalue weighted by Gasteiger charge is -2.17. The number of halogens is 4. The summed E-state index contributed by atoms with van der Waals surface area (Å²) in [4.78, 5) is 25.0. The quantitative estimate of drug-likeness (QED) is 0.253. The number of hydrogen-bond acceptors (Lipinski definition) is 4. The number of fused-ring (bicyclic) bond motifs is 2. The first-order chi connectivity index (χ1) is 19.6. The van der Waals surface area contributed by atoms with Crippen LogP contribution in [0, 0.1) is 0 Å². The Morgan fingerprint density at radius 1 is 0.683 bits per heavy atom. The minimum atomic E-state index is -0.119. The Labute approximate surface area is 257 Å². The van der Waals surface area contributed by atoms with Crippen molar-refractivity contribution in [1.29, 1.82) is 0 Å². The number of rotatable bonds is 4. The molecule has 0 saturated carbocycles. The smallest absolute Gasteiger partial charge is 0.276 e. The molecule has 8 nitrogen and oxygen atoms in total. The zero-order valence-electron chi connectivity index (χ0n) is 22.7. The highest BCUT2D eigenvalue weighted by molar-refractivity contribution is 6.33. The third kappa shape index (κ3) is 5.80. The van der Waals surface area contributed by atoms with Crippen LogP contribution in [0.25, 0.3) is 22.3 Å². The van der Waals surface area contributed by atoms with Gasteiger partial charge in [0.2, 0.25) is 0 Å². The number of nitrogens with zero attached hydrogens (tertiary/aromatic N) is 4. The van der Waals surface area contributed by atoms with Gasteiger partial charge in [-0.1, -0.05) is 58.5 Å². The van der Waals surface area contributed by atoms with Crippen molar-refractivity contribution >= 4 is 46.4 Å². The predicted octanol–water partition coefficient (Wildman–Crippen LogP) is 7.33. The minimum Gasteiger partial charge on any atom is -0.506 e. The molecule has 218 valence electrons. The van der Waals surface area contributed by atoms with Crippen LogP contribution in [0.3, 0.4) is 0 Å². The molecule has 6 rings (SSSR count). The van der Waals surface area contributed by atoms with Crippen LogP contribution in [0.4, 0.5) is 0 Å². The first-order valence-corrected chi connectivity index (χ1v) is 15.0. The van der Waals surface area contributed by atoms with E-state index in [2.05, 4.69) is 0 Å². The van der Waals surface area contributed by atoms with Crippen LogP contribution >= 0.6 is 46.4 Å². The van der Waals surface area contributed by atoms with E-state index in [1.165, 1.54) is 6.07 Å². The number of phenolic OH excluding ortho intramolecular Hbond substituents is 1. The van der Waals surface area contributed by atoms with Crippen LogP contribution in [0.2, 0.25) is 20.4 Å². The number of phenols is 1. The fraction of sp³-hybridized carbons (Fsp3) is 0.379. The summed E-state index contributed by atoms with van der Waals surface area (Å²) in [6.45, 7) is 6.77.